The summed E-state index contributed by atoms with van der Waals surface area (Å²) in [6.45, 7) is 0.396. The van der Waals surface area contributed by atoms with E-state index in [0.717, 1.165) is 5.56 Å². The summed E-state index contributed by atoms with van der Waals surface area (Å²) >= 11 is 0. The summed E-state index contributed by atoms with van der Waals surface area (Å²) in [6.07, 6.45) is 4.08. The van der Waals surface area contributed by atoms with Crippen LogP contribution < -0.4 is 19.5 Å². The number of benzene rings is 2. The number of hydrogen-bond donors (Lipinski definition) is 1. The van der Waals surface area contributed by atoms with Crippen LogP contribution in [-0.2, 0) is 11.2 Å². The van der Waals surface area contributed by atoms with Crippen molar-refractivity contribution in [3.8, 4) is 28.5 Å². The topological polar surface area (TPSA) is 82.6 Å². The Morgan fingerprint density at radius 1 is 1.17 bits per heavy atom. The summed E-state index contributed by atoms with van der Waals surface area (Å²) in [5.41, 5.74) is 1.82. The maximum Gasteiger partial charge on any atom is 0.264 e. The van der Waals surface area contributed by atoms with E-state index in [2.05, 4.69) is 15.3 Å². The van der Waals surface area contributed by atoms with Crippen LogP contribution in [0.2, 0.25) is 0 Å². The van der Waals surface area contributed by atoms with Gasteiger partial charge in [-0.2, -0.15) is 0 Å². The number of aromatic nitrogens is 2. The smallest absolute Gasteiger partial charge is 0.264 e. The summed E-state index contributed by atoms with van der Waals surface area (Å²) in [4.78, 5) is 20.8. The van der Waals surface area contributed by atoms with Crippen LogP contribution in [0.5, 0.6) is 17.2 Å². The average Bonchev–Trinajstić information content (AvgIpc) is 3.20. The first-order valence-corrected chi connectivity index (χ1v) is 9.59. The standard InChI is InChI=1S/C22H18FN3O4/c23-14-7-13-8-15(29-21(13)16(9-14)17-11-24-5-6-25-17)10-26-22(27)20-12-28-18-3-1-2-4-19(18)30-20/h1-7,9,11,15,20H,8,10,12H2,(H,26,27). The Morgan fingerprint density at radius 2 is 2.03 bits per heavy atom. The second-order valence-electron chi connectivity index (χ2n) is 7.09. The number of nitrogens with one attached hydrogen (secondary N) is 1. The van der Waals surface area contributed by atoms with Gasteiger partial charge in [-0.1, -0.05) is 12.1 Å². The lowest BCUT2D eigenvalue weighted by Crippen LogP contribution is -2.46. The van der Waals surface area contributed by atoms with Crippen molar-refractivity contribution < 1.29 is 23.4 Å². The highest BCUT2D eigenvalue weighted by Crippen LogP contribution is 2.38. The Bertz CT molecular complexity index is 1090. The van der Waals surface area contributed by atoms with Gasteiger partial charge in [-0.05, 0) is 24.3 Å². The monoisotopic (exact) mass is 407 g/mol. The molecule has 152 valence electrons. The number of rotatable bonds is 4. The van der Waals surface area contributed by atoms with Gasteiger partial charge in [0.05, 0.1) is 18.4 Å². The van der Waals surface area contributed by atoms with Crippen molar-refractivity contribution in [2.75, 3.05) is 13.2 Å². The van der Waals surface area contributed by atoms with E-state index in [1.54, 1.807) is 30.7 Å². The molecular weight excluding hydrogens is 389 g/mol. The predicted octanol–water partition coefficient (Wildman–Crippen LogP) is 2.54. The Labute approximate surface area is 171 Å². The van der Waals surface area contributed by atoms with Crippen LogP contribution in [0.15, 0.2) is 55.0 Å². The van der Waals surface area contributed by atoms with E-state index in [-0.39, 0.29) is 31.0 Å². The highest BCUT2D eigenvalue weighted by molar-refractivity contribution is 5.81. The molecule has 8 heteroatoms. The maximum absolute atomic E-state index is 14.1. The molecule has 7 nitrogen and oxygen atoms in total. The van der Waals surface area contributed by atoms with E-state index in [1.807, 2.05) is 12.1 Å². The lowest BCUT2D eigenvalue weighted by Gasteiger charge is -2.26. The van der Waals surface area contributed by atoms with E-state index in [0.29, 0.717) is 34.9 Å². The minimum absolute atomic E-state index is 0.136. The van der Waals surface area contributed by atoms with E-state index in [9.17, 15) is 9.18 Å². The first kappa shape index (κ1) is 18.4. The van der Waals surface area contributed by atoms with Crippen LogP contribution in [0.4, 0.5) is 4.39 Å². The number of halogens is 1. The van der Waals surface area contributed by atoms with Crippen molar-refractivity contribution in [1.82, 2.24) is 15.3 Å². The molecule has 0 spiro atoms. The fourth-order valence-corrected chi connectivity index (χ4v) is 3.61. The summed E-state index contributed by atoms with van der Waals surface area (Å²) < 4.78 is 31.4. The highest BCUT2D eigenvalue weighted by Gasteiger charge is 2.31. The van der Waals surface area contributed by atoms with Crippen LogP contribution in [0.1, 0.15) is 5.56 Å². The van der Waals surface area contributed by atoms with Gasteiger partial charge in [0, 0.05) is 29.9 Å². The zero-order valence-corrected chi connectivity index (χ0v) is 15.9. The van der Waals surface area contributed by atoms with Crippen molar-refractivity contribution in [2.24, 2.45) is 0 Å². The minimum Gasteiger partial charge on any atom is -0.487 e. The summed E-state index contributed by atoms with van der Waals surface area (Å²) in [7, 11) is 0. The lowest BCUT2D eigenvalue weighted by atomic mass is 10.0. The first-order chi connectivity index (χ1) is 14.7. The molecule has 2 unspecified atom stereocenters. The molecule has 0 fully saturated rings. The van der Waals surface area contributed by atoms with Gasteiger partial charge in [-0.15, -0.1) is 0 Å². The SMILES string of the molecule is O=C(NCC1Cc2cc(F)cc(-c3cnccn3)c2O1)C1COc2ccccc2O1. The molecule has 0 bridgehead atoms. The summed E-state index contributed by atoms with van der Waals surface area (Å²) in [5.74, 6) is 1.08. The van der Waals surface area contributed by atoms with E-state index < -0.39 is 6.10 Å². The summed E-state index contributed by atoms with van der Waals surface area (Å²) in [6, 6.07) is 10.0. The van der Waals surface area contributed by atoms with Gasteiger partial charge >= 0.3 is 0 Å². The van der Waals surface area contributed by atoms with E-state index >= 15 is 0 Å². The van der Waals surface area contributed by atoms with Crippen molar-refractivity contribution >= 4 is 5.91 Å². The molecule has 2 aliphatic rings. The Morgan fingerprint density at radius 3 is 2.87 bits per heavy atom. The average molecular weight is 407 g/mol. The number of carbonyl (C=O) groups is 1. The lowest BCUT2D eigenvalue weighted by molar-refractivity contribution is -0.130. The second-order valence-corrected chi connectivity index (χ2v) is 7.09. The molecule has 1 aromatic heterocycles. The van der Waals surface area contributed by atoms with Crippen molar-refractivity contribution in [3.63, 3.8) is 0 Å². The largest absolute Gasteiger partial charge is 0.487 e. The zero-order valence-electron chi connectivity index (χ0n) is 15.9. The number of amides is 1. The molecule has 3 heterocycles. The van der Waals surface area contributed by atoms with Gasteiger partial charge in [0.15, 0.2) is 11.5 Å². The number of hydrogen-bond acceptors (Lipinski definition) is 6. The molecule has 3 aromatic rings. The maximum atomic E-state index is 14.1. The first-order valence-electron chi connectivity index (χ1n) is 9.59. The third-order valence-electron chi connectivity index (χ3n) is 5.01. The molecule has 30 heavy (non-hydrogen) atoms. The van der Waals surface area contributed by atoms with Gasteiger partial charge < -0.3 is 19.5 Å². The molecular formula is C22H18FN3O4. The van der Waals surface area contributed by atoms with Crippen molar-refractivity contribution in [2.45, 2.75) is 18.6 Å². The fraction of sp³-hybridized carbons (Fsp3) is 0.227. The van der Waals surface area contributed by atoms with Crippen molar-refractivity contribution in [1.29, 1.82) is 0 Å². The molecule has 0 radical (unpaired) electrons. The van der Waals surface area contributed by atoms with Gasteiger partial charge in [0.2, 0.25) is 6.10 Å². The number of carbonyl (C=O) groups excluding carboxylic acids is 1. The molecule has 0 saturated heterocycles. The van der Waals surface area contributed by atoms with E-state index in [1.165, 1.54) is 12.1 Å². The molecule has 1 amide bonds. The molecule has 2 aromatic carbocycles. The second kappa shape index (κ2) is 7.62. The number of ether oxygens (including phenoxy) is 3. The van der Waals surface area contributed by atoms with Gasteiger partial charge in [-0.3, -0.25) is 14.8 Å². The quantitative estimate of drug-likeness (QED) is 0.716. The molecule has 0 aliphatic carbocycles. The Kier molecular flexibility index (Phi) is 4.66. The molecule has 0 saturated carbocycles. The van der Waals surface area contributed by atoms with Crippen LogP contribution in [0, 0.1) is 5.82 Å². The van der Waals surface area contributed by atoms with E-state index in [4.69, 9.17) is 14.2 Å². The predicted molar refractivity (Wildman–Crippen MR) is 105 cm³/mol. The third-order valence-corrected chi connectivity index (χ3v) is 5.01. The number of para-hydroxylation sites is 2. The normalized spacial score (nSPS) is 19.0. The molecule has 2 aliphatic heterocycles. The zero-order chi connectivity index (χ0) is 20.5. The third kappa shape index (κ3) is 3.52. The van der Waals surface area contributed by atoms with Crippen LogP contribution >= 0.6 is 0 Å². The molecule has 2 atom stereocenters. The summed E-state index contributed by atoms with van der Waals surface area (Å²) in [5, 5.41) is 2.84. The fourth-order valence-electron chi connectivity index (χ4n) is 3.61. The highest BCUT2D eigenvalue weighted by atomic mass is 19.1. The molecule has 1 N–H and O–H groups in total. The number of nitrogens with zero attached hydrogens (tertiary/aromatic N) is 2. The molecule has 5 rings (SSSR count). The van der Waals surface area contributed by atoms with Crippen molar-refractivity contribution in [3.05, 3.63) is 66.4 Å². The minimum atomic E-state index is -0.740. The van der Waals surface area contributed by atoms with Gasteiger partial charge in [-0.25, -0.2) is 4.39 Å². The van der Waals surface area contributed by atoms with Gasteiger partial charge in [0.1, 0.15) is 24.3 Å². The van der Waals surface area contributed by atoms with Crippen LogP contribution in [0.3, 0.4) is 0 Å². The Hall–Kier alpha value is -3.68. The Balaban J connectivity index is 1.25. The van der Waals surface area contributed by atoms with Crippen LogP contribution in [0.25, 0.3) is 11.3 Å². The number of fused-ring (bicyclic) bond motifs is 2. The van der Waals surface area contributed by atoms with Gasteiger partial charge in [0.25, 0.3) is 5.91 Å². The van der Waals surface area contributed by atoms with Crippen LogP contribution in [-0.4, -0.2) is 41.2 Å².